The van der Waals surface area contributed by atoms with Crippen molar-refractivity contribution in [1.29, 1.82) is 0 Å². The molecule has 1 aliphatic heterocycles. The highest BCUT2D eigenvalue weighted by atomic mass is 16.5. The number of ether oxygens (including phenoxy) is 1. The molecule has 4 nitrogen and oxygen atoms in total. The van der Waals surface area contributed by atoms with Gasteiger partial charge in [-0.1, -0.05) is 31.2 Å². The van der Waals surface area contributed by atoms with Crippen LogP contribution in [0, 0.1) is 0 Å². The summed E-state index contributed by atoms with van der Waals surface area (Å²) in [7, 11) is 0. The van der Waals surface area contributed by atoms with Gasteiger partial charge in [-0.3, -0.25) is 0 Å². The summed E-state index contributed by atoms with van der Waals surface area (Å²) in [6, 6.07) is 8.22. The number of aryl methyl sites for hydroxylation is 1. The zero-order chi connectivity index (χ0) is 12.8. The fourth-order valence-corrected chi connectivity index (χ4v) is 2.12. The summed E-state index contributed by atoms with van der Waals surface area (Å²) in [6.07, 6.45) is 0.990. The maximum absolute atomic E-state index is 11.9. The lowest BCUT2D eigenvalue weighted by molar-refractivity contribution is 0.0531. The lowest BCUT2D eigenvalue weighted by Gasteiger charge is -2.27. The fraction of sp³-hybridized carbons (Fsp3) is 0.500. The van der Waals surface area contributed by atoms with Gasteiger partial charge in [-0.2, -0.15) is 0 Å². The Morgan fingerprint density at radius 3 is 2.61 bits per heavy atom. The Bertz CT molecular complexity index is 401. The number of nitrogens with zero attached hydrogens (tertiary/aromatic N) is 1. The number of rotatable bonds is 3. The molecule has 2 rings (SSSR count). The van der Waals surface area contributed by atoms with Gasteiger partial charge in [0.1, 0.15) is 0 Å². The zero-order valence-corrected chi connectivity index (χ0v) is 10.8. The number of carbonyl (C=O) groups excluding carboxylic acids is 1. The van der Waals surface area contributed by atoms with E-state index < -0.39 is 0 Å². The Morgan fingerprint density at radius 2 is 1.94 bits per heavy atom. The Labute approximate surface area is 108 Å². The molecule has 1 aliphatic rings. The molecule has 1 saturated heterocycles. The van der Waals surface area contributed by atoms with E-state index in [0.717, 1.165) is 6.42 Å². The number of benzene rings is 1. The SMILES string of the molecule is CCc1ccccc1CNC(=O)N1CCOCC1. The van der Waals surface area contributed by atoms with Crippen LogP contribution in [0.3, 0.4) is 0 Å². The predicted octanol–water partition coefficient (Wildman–Crippen LogP) is 1.79. The molecule has 0 saturated carbocycles. The minimum Gasteiger partial charge on any atom is -0.378 e. The lowest BCUT2D eigenvalue weighted by Crippen LogP contribution is -2.45. The molecule has 4 heteroatoms. The average molecular weight is 248 g/mol. The van der Waals surface area contributed by atoms with E-state index >= 15 is 0 Å². The minimum absolute atomic E-state index is 0.00389. The third-order valence-electron chi connectivity index (χ3n) is 3.23. The highest BCUT2D eigenvalue weighted by molar-refractivity contribution is 5.74. The molecular weight excluding hydrogens is 228 g/mol. The molecule has 0 unspecified atom stereocenters. The Hall–Kier alpha value is -1.55. The molecule has 98 valence electrons. The van der Waals surface area contributed by atoms with Crippen LogP contribution in [0.4, 0.5) is 4.79 Å². The van der Waals surface area contributed by atoms with Crippen LogP contribution in [0.25, 0.3) is 0 Å². The highest BCUT2D eigenvalue weighted by Gasteiger charge is 2.16. The molecule has 0 atom stereocenters. The Kier molecular flexibility index (Phi) is 4.59. The van der Waals surface area contributed by atoms with Crippen LogP contribution in [-0.2, 0) is 17.7 Å². The second-order valence-corrected chi connectivity index (χ2v) is 4.38. The van der Waals surface area contributed by atoms with Crippen molar-refractivity contribution in [2.75, 3.05) is 26.3 Å². The molecule has 1 fully saturated rings. The molecule has 0 aromatic heterocycles. The summed E-state index contributed by atoms with van der Waals surface area (Å²) in [6.45, 7) is 5.36. The molecule has 1 aromatic rings. The molecule has 1 heterocycles. The van der Waals surface area contributed by atoms with Gasteiger partial charge in [-0.15, -0.1) is 0 Å². The summed E-state index contributed by atoms with van der Waals surface area (Å²) in [4.78, 5) is 13.7. The first kappa shape index (κ1) is 12.9. The first-order valence-corrected chi connectivity index (χ1v) is 6.48. The molecule has 2 amide bonds. The van der Waals surface area contributed by atoms with Crippen molar-refractivity contribution in [3.63, 3.8) is 0 Å². The second-order valence-electron chi connectivity index (χ2n) is 4.38. The summed E-state index contributed by atoms with van der Waals surface area (Å²) in [5, 5.41) is 2.97. The van der Waals surface area contributed by atoms with Crippen LogP contribution >= 0.6 is 0 Å². The molecule has 18 heavy (non-hydrogen) atoms. The van der Waals surface area contributed by atoms with Crippen molar-refractivity contribution in [3.8, 4) is 0 Å². The fourth-order valence-electron chi connectivity index (χ4n) is 2.12. The van der Waals surface area contributed by atoms with E-state index in [1.807, 2.05) is 12.1 Å². The van der Waals surface area contributed by atoms with Crippen LogP contribution in [0.5, 0.6) is 0 Å². The third kappa shape index (κ3) is 3.23. The summed E-state index contributed by atoms with van der Waals surface area (Å²) in [5.74, 6) is 0. The number of amides is 2. The Morgan fingerprint density at radius 1 is 1.28 bits per heavy atom. The van der Waals surface area contributed by atoms with Crippen molar-refractivity contribution in [3.05, 3.63) is 35.4 Å². The smallest absolute Gasteiger partial charge is 0.317 e. The maximum Gasteiger partial charge on any atom is 0.317 e. The van der Waals surface area contributed by atoms with Crippen molar-refractivity contribution in [1.82, 2.24) is 10.2 Å². The molecular formula is C14H20N2O2. The van der Waals surface area contributed by atoms with Crippen LogP contribution in [-0.4, -0.2) is 37.2 Å². The van der Waals surface area contributed by atoms with Crippen LogP contribution in [0.2, 0.25) is 0 Å². The van der Waals surface area contributed by atoms with Gasteiger partial charge in [0.15, 0.2) is 0 Å². The van der Waals surface area contributed by atoms with Gasteiger partial charge in [0.05, 0.1) is 13.2 Å². The molecule has 0 bridgehead atoms. The molecule has 1 aromatic carbocycles. The van der Waals surface area contributed by atoms with Crippen LogP contribution in [0.15, 0.2) is 24.3 Å². The van der Waals surface area contributed by atoms with Gasteiger partial charge in [-0.05, 0) is 17.5 Å². The number of hydrogen-bond acceptors (Lipinski definition) is 2. The number of carbonyl (C=O) groups is 1. The van der Waals surface area contributed by atoms with E-state index in [-0.39, 0.29) is 6.03 Å². The zero-order valence-electron chi connectivity index (χ0n) is 10.8. The first-order chi connectivity index (χ1) is 8.81. The van der Waals surface area contributed by atoms with E-state index in [2.05, 4.69) is 24.4 Å². The number of morpholine rings is 1. The number of nitrogens with one attached hydrogen (secondary N) is 1. The number of urea groups is 1. The monoisotopic (exact) mass is 248 g/mol. The quantitative estimate of drug-likeness (QED) is 0.886. The van der Waals surface area contributed by atoms with Crippen LogP contribution in [0.1, 0.15) is 18.1 Å². The van der Waals surface area contributed by atoms with Gasteiger partial charge in [0, 0.05) is 19.6 Å². The van der Waals surface area contributed by atoms with Gasteiger partial charge in [-0.25, -0.2) is 4.79 Å². The van der Waals surface area contributed by atoms with E-state index in [0.29, 0.717) is 32.8 Å². The molecule has 0 spiro atoms. The van der Waals surface area contributed by atoms with Crippen molar-refractivity contribution in [2.24, 2.45) is 0 Å². The first-order valence-electron chi connectivity index (χ1n) is 6.48. The third-order valence-corrected chi connectivity index (χ3v) is 3.23. The molecule has 1 N–H and O–H groups in total. The summed E-state index contributed by atoms with van der Waals surface area (Å²) >= 11 is 0. The number of hydrogen-bond donors (Lipinski definition) is 1. The van der Waals surface area contributed by atoms with E-state index in [1.165, 1.54) is 11.1 Å². The van der Waals surface area contributed by atoms with Crippen LogP contribution < -0.4 is 5.32 Å². The van der Waals surface area contributed by atoms with E-state index in [1.54, 1.807) is 4.90 Å². The lowest BCUT2D eigenvalue weighted by atomic mass is 10.1. The normalized spacial score (nSPS) is 15.5. The largest absolute Gasteiger partial charge is 0.378 e. The average Bonchev–Trinajstić information content (AvgIpc) is 2.46. The van der Waals surface area contributed by atoms with Crippen molar-refractivity contribution >= 4 is 6.03 Å². The van der Waals surface area contributed by atoms with Gasteiger partial charge in [0.25, 0.3) is 0 Å². The highest BCUT2D eigenvalue weighted by Crippen LogP contribution is 2.09. The summed E-state index contributed by atoms with van der Waals surface area (Å²) < 4.78 is 5.23. The predicted molar refractivity (Wildman–Crippen MR) is 70.4 cm³/mol. The topological polar surface area (TPSA) is 41.6 Å². The Balaban J connectivity index is 1.88. The minimum atomic E-state index is 0.00389. The van der Waals surface area contributed by atoms with Gasteiger partial charge < -0.3 is 15.0 Å². The maximum atomic E-state index is 11.9. The van der Waals surface area contributed by atoms with Gasteiger partial charge >= 0.3 is 6.03 Å². The van der Waals surface area contributed by atoms with E-state index in [4.69, 9.17) is 4.74 Å². The van der Waals surface area contributed by atoms with Crippen molar-refractivity contribution in [2.45, 2.75) is 19.9 Å². The standard InChI is InChI=1S/C14H20N2O2/c1-2-12-5-3-4-6-13(12)11-15-14(17)16-7-9-18-10-8-16/h3-6H,2,7-11H2,1H3,(H,15,17). The molecule has 0 aliphatic carbocycles. The van der Waals surface area contributed by atoms with Crippen molar-refractivity contribution < 1.29 is 9.53 Å². The van der Waals surface area contributed by atoms with Gasteiger partial charge in [0.2, 0.25) is 0 Å². The molecule has 0 radical (unpaired) electrons. The van der Waals surface area contributed by atoms with E-state index in [9.17, 15) is 4.79 Å². The second kappa shape index (κ2) is 6.40. The summed E-state index contributed by atoms with van der Waals surface area (Å²) in [5.41, 5.74) is 2.49.